The van der Waals surface area contributed by atoms with E-state index in [1.807, 2.05) is 38.1 Å². The summed E-state index contributed by atoms with van der Waals surface area (Å²) in [6.45, 7) is 4.44. The molecule has 1 amide bonds. The standard InChI is InChI=1S/C22H30N4O3S/c1-3-4-12-25-20(23)19(21(28)24-22(25)29)26(16-9-5-6-10-16)18(27)14-30-17-11-7-8-15(2)13-17/h7-8,11,13,16H,3-6,9-10,12,14,23H2,1-2H3,(H,24,28,29). The van der Waals surface area contributed by atoms with E-state index in [9.17, 15) is 14.4 Å². The maximum absolute atomic E-state index is 13.3. The van der Waals surface area contributed by atoms with Crippen LogP contribution < -0.4 is 21.9 Å². The molecule has 30 heavy (non-hydrogen) atoms. The lowest BCUT2D eigenvalue weighted by Gasteiger charge is -2.30. The Labute approximate surface area is 180 Å². The lowest BCUT2D eigenvalue weighted by Crippen LogP contribution is -2.46. The predicted molar refractivity (Wildman–Crippen MR) is 122 cm³/mol. The van der Waals surface area contributed by atoms with Crippen molar-refractivity contribution in [2.24, 2.45) is 0 Å². The van der Waals surface area contributed by atoms with E-state index >= 15 is 0 Å². The third-order valence-corrected chi connectivity index (χ3v) is 6.48. The average Bonchev–Trinajstić information content (AvgIpc) is 3.23. The van der Waals surface area contributed by atoms with Gasteiger partial charge >= 0.3 is 5.69 Å². The fourth-order valence-corrected chi connectivity index (χ4v) is 4.81. The molecule has 0 radical (unpaired) electrons. The molecule has 3 rings (SSSR count). The minimum absolute atomic E-state index is 0.0730. The van der Waals surface area contributed by atoms with Gasteiger partial charge in [0.2, 0.25) is 5.91 Å². The molecule has 2 aromatic rings. The Morgan fingerprint density at radius 2 is 2.03 bits per heavy atom. The minimum atomic E-state index is -0.592. The van der Waals surface area contributed by atoms with Gasteiger partial charge in [0.15, 0.2) is 5.69 Å². The van der Waals surface area contributed by atoms with Gasteiger partial charge in [-0.2, -0.15) is 0 Å². The van der Waals surface area contributed by atoms with Crippen molar-refractivity contribution in [2.45, 2.75) is 69.9 Å². The smallest absolute Gasteiger partial charge is 0.330 e. The van der Waals surface area contributed by atoms with Gasteiger partial charge in [0, 0.05) is 17.5 Å². The maximum Gasteiger partial charge on any atom is 0.330 e. The number of H-pyrrole nitrogens is 1. The summed E-state index contributed by atoms with van der Waals surface area (Å²) in [5.41, 5.74) is 6.43. The normalized spacial score (nSPS) is 14.2. The number of anilines is 2. The molecule has 1 aromatic heterocycles. The van der Waals surface area contributed by atoms with Gasteiger partial charge in [-0.1, -0.05) is 43.9 Å². The number of aromatic nitrogens is 2. The molecular weight excluding hydrogens is 400 g/mol. The van der Waals surface area contributed by atoms with Crippen molar-refractivity contribution < 1.29 is 4.79 Å². The summed E-state index contributed by atoms with van der Waals surface area (Å²) in [4.78, 5) is 43.3. The zero-order chi connectivity index (χ0) is 21.7. The average molecular weight is 431 g/mol. The summed E-state index contributed by atoms with van der Waals surface area (Å²) in [5.74, 6) is 0.122. The Kier molecular flexibility index (Phi) is 7.42. The Morgan fingerprint density at radius 3 is 2.70 bits per heavy atom. The van der Waals surface area contributed by atoms with Crippen LogP contribution in [0.5, 0.6) is 0 Å². The molecule has 0 atom stereocenters. The molecule has 0 aliphatic heterocycles. The van der Waals surface area contributed by atoms with E-state index in [0.29, 0.717) is 6.54 Å². The van der Waals surface area contributed by atoms with Crippen LogP contribution in [0.2, 0.25) is 0 Å². The first-order valence-corrected chi connectivity index (χ1v) is 11.5. The highest BCUT2D eigenvalue weighted by Crippen LogP contribution is 2.30. The molecule has 3 N–H and O–H groups in total. The number of amides is 1. The van der Waals surface area contributed by atoms with Crippen LogP contribution in [-0.4, -0.2) is 27.3 Å². The largest absolute Gasteiger partial charge is 0.383 e. The minimum Gasteiger partial charge on any atom is -0.383 e. The topological polar surface area (TPSA) is 101 Å². The zero-order valence-electron chi connectivity index (χ0n) is 17.6. The highest BCUT2D eigenvalue weighted by Gasteiger charge is 2.32. The van der Waals surface area contributed by atoms with Crippen LogP contribution in [0.1, 0.15) is 51.0 Å². The molecule has 0 spiro atoms. The van der Waals surface area contributed by atoms with Crippen molar-refractivity contribution in [3.05, 3.63) is 50.7 Å². The second kappa shape index (κ2) is 10.0. The lowest BCUT2D eigenvalue weighted by molar-refractivity contribution is -0.116. The first-order valence-electron chi connectivity index (χ1n) is 10.6. The highest BCUT2D eigenvalue weighted by atomic mass is 32.2. The van der Waals surface area contributed by atoms with Gasteiger partial charge in [0.05, 0.1) is 5.75 Å². The molecule has 0 bridgehead atoms. The number of nitrogens with two attached hydrogens (primary N) is 1. The molecule has 1 aliphatic carbocycles. The van der Waals surface area contributed by atoms with E-state index in [1.54, 1.807) is 4.90 Å². The molecule has 1 saturated carbocycles. The quantitative estimate of drug-likeness (QED) is 0.626. The van der Waals surface area contributed by atoms with Gasteiger partial charge in [0.25, 0.3) is 5.56 Å². The second-order valence-electron chi connectivity index (χ2n) is 7.81. The van der Waals surface area contributed by atoms with Crippen molar-refractivity contribution in [3.63, 3.8) is 0 Å². The van der Waals surface area contributed by atoms with Crippen molar-refractivity contribution in [1.82, 2.24) is 9.55 Å². The number of hydrogen-bond acceptors (Lipinski definition) is 5. The van der Waals surface area contributed by atoms with Crippen LogP contribution in [0.25, 0.3) is 0 Å². The summed E-state index contributed by atoms with van der Waals surface area (Å²) in [6.07, 6.45) is 5.32. The van der Waals surface area contributed by atoms with E-state index in [4.69, 9.17) is 5.73 Å². The third kappa shape index (κ3) is 4.98. The Morgan fingerprint density at radius 1 is 1.30 bits per heavy atom. The number of unbranched alkanes of at least 4 members (excludes halogenated alkanes) is 1. The van der Waals surface area contributed by atoms with E-state index in [-0.39, 0.29) is 29.2 Å². The number of carbonyl (C=O) groups is 1. The van der Waals surface area contributed by atoms with Gasteiger partial charge < -0.3 is 10.6 Å². The molecule has 0 saturated heterocycles. The molecule has 0 unspecified atom stereocenters. The molecular formula is C22H30N4O3S. The van der Waals surface area contributed by atoms with Crippen LogP contribution in [0.3, 0.4) is 0 Å². The maximum atomic E-state index is 13.3. The SMILES string of the molecule is CCCCn1c(N)c(N(C(=O)CSc2cccc(C)c2)C2CCCC2)c(=O)[nH]c1=O. The van der Waals surface area contributed by atoms with E-state index < -0.39 is 11.2 Å². The highest BCUT2D eigenvalue weighted by molar-refractivity contribution is 8.00. The van der Waals surface area contributed by atoms with Crippen molar-refractivity contribution in [3.8, 4) is 0 Å². The van der Waals surface area contributed by atoms with E-state index in [0.717, 1.165) is 49.0 Å². The number of thioether (sulfide) groups is 1. The van der Waals surface area contributed by atoms with Gasteiger partial charge in [0.1, 0.15) is 5.82 Å². The molecule has 1 fully saturated rings. The molecule has 1 aliphatic rings. The van der Waals surface area contributed by atoms with Gasteiger partial charge in [-0.3, -0.25) is 19.1 Å². The van der Waals surface area contributed by atoms with Crippen LogP contribution >= 0.6 is 11.8 Å². The van der Waals surface area contributed by atoms with E-state index in [1.165, 1.54) is 16.3 Å². The molecule has 7 nitrogen and oxygen atoms in total. The number of benzene rings is 1. The van der Waals surface area contributed by atoms with Crippen molar-refractivity contribution in [2.75, 3.05) is 16.4 Å². The molecule has 162 valence electrons. The van der Waals surface area contributed by atoms with Gasteiger partial charge in [-0.25, -0.2) is 4.79 Å². The number of rotatable bonds is 8. The summed E-state index contributed by atoms with van der Waals surface area (Å²) in [5, 5.41) is 0. The Balaban J connectivity index is 1.95. The molecule has 8 heteroatoms. The summed E-state index contributed by atoms with van der Waals surface area (Å²) < 4.78 is 1.38. The van der Waals surface area contributed by atoms with Crippen LogP contribution in [0, 0.1) is 6.92 Å². The monoisotopic (exact) mass is 430 g/mol. The van der Waals surface area contributed by atoms with Gasteiger partial charge in [-0.15, -0.1) is 11.8 Å². The molecule has 1 aromatic carbocycles. The first kappa shape index (κ1) is 22.2. The second-order valence-corrected chi connectivity index (χ2v) is 8.85. The van der Waals surface area contributed by atoms with Crippen molar-refractivity contribution >= 4 is 29.2 Å². The summed E-state index contributed by atoms with van der Waals surface area (Å²) in [7, 11) is 0. The summed E-state index contributed by atoms with van der Waals surface area (Å²) >= 11 is 1.44. The number of aryl methyl sites for hydroxylation is 1. The van der Waals surface area contributed by atoms with Gasteiger partial charge in [-0.05, 0) is 38.3 Å². The number of nitrogens with zero attached hydrogens (tertiary/aromatic N) is 2. The lowest BCUT2D eigenvalue weighted by atomic mass is 10.2. The summed E-state index contributed by atoms with van der Waals surface area (Å²) in [6, 6.07) is 7.90. The number of nitrogen functional groups attached to an aromatic ring is 1. The number of hydrogen-bond donors (Lipinski definition) is 2. The Bertz CT molecular complexity index is 1010. The van der Waals surface area contributed by atoms with Crippen molar-refractivity contribution in [1.29, 1.82) is 0 Å². The zero-order valence-corrected chi connectivity index (χ0v) is 18.5. The fourth-order valence-electron chi connectivity index (χ4n) is 3.94. The van der Waals surface area contributed by atoms with Crippen LogP contribution in [0.15, 0.2) is 38.8 Å². The number of aromatic amines is 1. The predicted octanol–water partition coefficient (Wildman–Crippen LogP) is 3.30. The first-order chi connectivity index (χ1) is 14.4. The number of carbonyl (C=O) groups excluding carboxylic acids is 1. The van der Waals surface area contributed by atoms with E-state index in [2.05, 4.69) is 4.98 Å². The Hall–Kier alpha value is -2.48. The van der Waals surface area contributed by atoms with Crippen LogP contribution in [0.4, 0.5) is 11.5 Å². The number of nitrogens with one attached hydrogen (secondary N) is 1. The van der Waals surface area contributed by atoms with Crippen LogP contribution in [-0.2, 0) is 11.3 Å². The third-order valence-electron chi connectivity index (χ3n) is 5.50. The fraction of sp³-hybridized carbons (Fsp3) is 0.500. The molecule has 1 heterocycles.